The molecule has 0 saturated carbocycles. The Morgan fingerprint density at radius 2 is 1.70 bits per heavy atom. The summed E-state index contributed by atoms with van der Waals surface area (Å²) in [7, 11) is 0.974. The van der Waals surface area contributed by atoms with Gasteiger partial charge in [-0.05, 0) is 45.7 Å². The van der Waals surface area contributed by atoms with Crippen molar-refractivity contribution in [2.45, 2.75) is 70.9 Å². The molecular formula is C25H28F6N4O5. The van der Waals surface area contributed by atoms with Crippen LogP contribution in [0.15, 0.2) is 12.1 Å². The third-order valence-corrected chi connectivity index (χ3v) is 6.08. The number of hydrogen-bond acceptors (Lipinski definition) is 6. The number of aromatic nitrogens is 2. The molecule has 0 fully saturated rings. The van der Waals surface area contributed by atoms with Crippen molar-refractivity contribution < 1.29 is 50.2 Å². The molecule has 1 aliphatic heterocycles. The van der Waals surface area contributed by atoms with E-state index >= 15 is 0 Å². The lowest BCUT2D eigenvalue weighted by Gasteiger charge is -2.36. The smallest absolute Gasteiger partial charge is 0.449 e. The van der Waals surface area contributed by atoms with Gasteiger partial charge in [0, 0.05) is 31.6 Å². The second-order valence-corrected chi connectivity index (χ2v) is 10.2. The van der Waals surface area contributed by atoms with Crippen LogP contribution in [0.1, 0.15) is 67.7 Å². The van der Waals surface area contributed by atoms with Gasteiger partial charge in [-0.1, -0.05) is 0 Å². The van der Waals surface area contributed by atoms with Gasteiger partial charge in [0.2, 0.25) is 11.7 Å². The maximum atomic E-state index is 14.4. The van der Waals surface area contributed by atoms with Gasteiger partial charge in [-0.3, -0.25) is 4.79 Å². The number of fused-ring (bicyclic) bond motifs is 1. The Bertz CT molecular complexity index is 1300. The van der Waals surface area contributed by atoms with Gasteiger partial charge in [-0.2, -0.15) is 13.2 Å². The molecule has 1 aliphatic rings. The molecule has 0 bridgehead atoms. The van der Waals surface area contributed by atoms with Gasteiger partial charge >= 0.3 is 18.2 Å². The SMILES string of the molecule is COC(=O)c1nc(C(F)(F)F)n2c1[C@@H](C)N(C(=O)CC(Cc1cc(F)c(F)cc1F)NC(=O)OC(C)(C)C)CC2. The minimum atomic E-state index is -4.89. The highest BCUT2D eigenvalue weighted by Gasteiger charge is 2.44. The van der Waals surface area contributed by atoms with Gasteiger partial charge in [0.25, 0.3) is 0 Å². The highest BCUT2D eigenvalue weighted by Crippen LogP contribution is 2.37. The number of esters is 1. The topological polar surface area (TPSA) is 103 Å². The normalized spacial score (nSPS) is 16.3. The zero-order valence-corrected chi connectivity index (χ0v) is 22.3. The Morgan fingerprint density at radius 1 is 1.07 bits per heavy atom. The summed E-state index contributed by atoms with van der Waals surface area (Å²) in [4.78, 5) is 42.7. The van der Waals surface area contributed by atoms with Crippen molar-refractivity contribution in [3.8, 4) is 0 Å². The summed E-state index contributed by atoms with van der Waals surface area (Å²) in [6, 6.07) is -1.34. The van der Waals surface area contributed by atoms with Crippen molar-refractivity contribution in [2.24, 2.45) is 0 Å². The zero-order chi connectivity index (χ0) is 30.2. The summed E-state index contributed by atoms with van der Waals surface area (Å²) in [6.07, 6.45) is -6.82. The van der Waals surface area contributed by atoms with E-state index in [9.17, 15) is 40.7 Å². The Kier molecular flexibility index (Phi) is 8.74. The number of alkyl halides is 3. The largest absolute Gasteiger partial charge is 0.464 e. The summed E-state index contributed by atoms with van der Waals surface area (Å²) in [5, 5.41) is 2.42. The van der Waals surface area contributed by atoms with Crippen LogP contribution >= 0.6 is 0 Å². The Morgan fingerprint density at radius 3 is 2.27 bits per heavy atom. The summed E-state index contributed by atoms with van der Waals surface area (Å²) < 4.78 is 93.0. The third-order valence-electron chi connectivity index (χ3n) is 6.08. The van der Waals surface area contributed by atoms with Crippen LogP contribution in [0, 0.1) is 17.5 Å². The fourth-order valence-electron chi connectivity index (χ4n) is 4.43. The van der Waals surface area contributed by atoms with Gasteiger partial charge in [0.1, 0.15) is 11.4 Å². The zero-order valence-electron chi connectivity index (χ0n) is 22.3. The number of nitrogens with one attached hydrogen (secondary N) is 1. The van der Waals surface area contributed by atoms with Crippen molar-refractivity contribution in [3.05, 3.63) is 52.4 Å². The van der Waals surface area contributed by atoms with E-state index in [4.69, 9.17) is 4.74 Å². The number of carbonyl (C=O) groups excluding carboxylic acids is 3. The molecule has 1 N–H and O–H groups in total. The molecule has 1 unspecified atom stereocenters. The first-order valence-corrected chi connectivity index (χ1v) is 12.1. The predicted molar refractivity (Wildman–Crippen MR) is 126 cm³/mol. The lowest BCUT2D eigenvalue weighted by molar-refractivity contribution is -0.148. The van der Waals surface area contributed by atoms with Crippen LogP contribution in [-0.2, 0) is 33.4 Å². The first kappa shape index (κ1) is 30.8. The fourth-order valence-corrected chi connectivity index (χ4v) is 4.43. The van der Waals surface area contributed by atoms with E-state index in [-0.39, 0.29) is 24.3 Å². The van der Waals surface area contributed by atoms with Gasteiger partial charge < -0.3 is 24.3 Å². The molecule has 220 valence electrons. The summed E-state index contributed by atoms with van der Waals surface area (Å²) >= 11 is 0. The molecule has 2 atom stereocenters. The van der Waals surface area contributed by atoms with E-state index in [0.29, 0.717) is 12.1 Å². The number of methoxy groups -OCH3 is 1. The molecule has 2 aromatic rings. The molecule has 0 aliphatic carbocycles. The lowest BCUT2D eigenvalue weighted by Crippen LogP contribution is -2.47. The van der Waals surface area contributed by atoms with Crippen LogP contribution in [0.25, 0.3) is 0 Å². The average Bonchev–Trinajstić information content (AvgIpc) is 3.22. The molecule has 1 aromatic heterocycles. The number of carbonyl (C=O) groups is 3. The number of hydrogen-bond donors (Lipinski definition) is 1. The number of amides is 2. The van der Waals surface area contributed by atoms with E-state index in [0.717, 1.165) is 11.7 Å². The molecule has 0 radical (unpaired) electrons. The standard InChI is InChI=1S/C25H28F6N4O5/c1-12-20-19(21(37)39-5)33-22(25(29,30)31)35(20)7-6-34(12)18(36)10-14(32-23(38)40-24(2,3)4)8-13-9-16(27)17(28)11-15(13)26/h9,11-12,14H,6-8,10H2,1-5H3,(H,32,38)/t12-,14?/m1/s1. The van der Waals surface area contributed by atoms with E-state index in [1.165, 1.54) is 11.8 Å². The minimum absolute atomic E-state index is 0.193. The van der Waals surface area contributed by atoms with Crippen LogP contribution in [-0.4, -0.2) is 57.7 Å². The first-order chi connectivity index (χ1) is 18.4. The average molecular weight is 579 g/mol. The Labute approximate surface area is 225 Å². The molecule has 40 heavy (non-hydrogen) atoms. The Hall–Kier alpha value is -3.78. The van der Waals surface area contributed by atoms with Gasteiger partial charge in [-0.15, -0.1) is 0 Å². The van der Waals surface area contributed by atoms with Crippen LogP contribution in [0.5, 0.6) is 0 Å². The fraction of sp³-hybridized carbons (Fsp3) is 0.520. The number of ether oxygens (including phenoxy) is 2. The Balaban J connectivity index is 1.91. The first-order valence-electron chi connectivity index (χ1n) is 12.1. The van der Waals surface area contributed by atoms with Crippen molar-refractivity contribution >= 4 is 18.0 Å². The van der Waals surface area contributed by atoms with E-state index < -0.39 is 83.6 Å². The van der Waals surface area contributed by atoms with Crippen molar-refractivity contribution in [1.82, 2.24) is 19.8 Å². The van der Waals surface area contributed by atoms with Crippen LogP contribution in [0.2, 0.25) is 0 Å². The number of benzene rings is 1. The molecule has 0 saturated heterocycles. The molecule has 0 spiro atoms. The van der Waals surface area contributed by atoms with Gasteiger partial charge in [-0.25, -0.2) is 27.7 Å². The van der Waals surface area contributed by atoms with Crippen molar-refractivity contribution in [3.63, 3.8) is 0 Å². The highest BCUT2D eigenvalue weighted by atomic mass is 19.4. The number of rotatable bonds is 6. The summed E-state index contributed by atoms with van der Waals surface area (Å²) in [5.74, 6) is -7.01. The molecular weight excluding hydrogens is 550 g/mol. The second-order valence-electron chi connectivity index (χ2n) is 10.2. The minimum Gasteiger partial charge on any atom is -0.464 e. The monoisotopic (exact) mass is 578 g/mol. The summed E-state index contributed by atoms with van der Waals surface area (Å²) in [5.41, 5.74) is -2.07. The number of halogens is 6. The van der Waals surface area contributed by atoms with Gasteiger partial charge in [0.05, 0.1) is 18.8 Å². The second kappa shape index (κ2) is 11.4. The molecule has 2 amide bonds. The molecule has 15 heteroatoms. The molecule has 2 heterocycles. The quantitative estimate of drug-likeness (QED) is 0.307. The van der Waals surface area contributed by atoms with E-state index in [1.807, 2.05) is 0 Å². The van der Waals surface area contributed by atoms with Crippen molar-refractivity contribution in [2.75, 3.05) is 13.7 Å². The van der Waals surface area contributed by atoms with Crippen LogP contribution in [0.3, 0.4) is 0 Å². The number of imidazole rings is 1. The summed E-state index contributed by atoms with van der Waals surface area (Å²) in [6.45, 7) is 5.55. The number of nitrogens with zero attached hydrogens (tertiary/aromatic N) is 3. The lowest BCUT2D eigenvalue weighted by atomic mass is 10.0. The van der Waals surface area contributed by atoms with E-state index in [1.54, 1.807) is 20.8 Å². The maximum Gasteiger partial charge on any atom is 0.449 e. The van der Waals surface area contributed by atoms with Gasteiger partial charge in [0.15, 0.2) is 17.3 Å². The number of alkyl carbamates (subject to hydrolysis) is 1. The van der Waals surface area contributed by atoms with Crippen LogP contribution in [0.4, 0.5) is 31.1 Å². The molecule has 1 aromatic carbocycles. The van der Waals surface area contributed by atoms with E-state index in [2.05, 4.69) is 15.0 Å². The highest BCUT2D eigenvalue weighted by molar-refractivity contribution is 5.89. The van der Waals surface area contributed by atoms with Crippen molar-refractivity contribution in [1.29, 1.82) is 0 Å². The molecule has 9 nitrogen and oxygen atoms in total. The third kappa shape index (κ3) is 6.86. The molecule has 3 rings (SSSR count). The predicted octanol–water partition coefficient (Wildman–Crippen LogP) is 4.54. The maximum absolute atomic E-state index is 14.4. The van der Waals surface area contributed by atoms with Crippen LogP contribution < -0.4 is 5.32 Å².